The molecule has 0 fully saturated rings. The fraction of sp³-hybridized carbons (Fsp3) is 0.333. The van der Waals surface area contributed by atoms with Gasteiger partial charge in [0.2, 0.25) is 0 Å². The van der Waals surface area contributed by atoms with E-state index in [1.54, 1.807) is 35.2 Å². The largest absolute Gasteiger partial charge is 0.492 e. The van der Waals surface area contributed by atoms with Gasteiger partial charge in [-0.3, -0.25) is 4.79 Å². The van der Waals surface area contributed by atoms with Crippen molar-refractivity contribution in [3.63, 3.8) is 0 Å². The standard InChI is InChI=1S/C18H21N3O4S/c1-14-3-6-16(7-4-14)25-11-9-20(2)18(22)15-5-8-17-19-26(23,24)12-10-21(17)13-15/h3-8,13H,9-12H2,1-2H3. The lowest BCUT2D eigenvalue weighted by molar-refractivity contribution is -0.125. The third-order valence-electron chi connectivity index (χ3n) is 4.13. The number of fused-ring (bicyclic) bond motifs is 1. The SMILES string of the molecule is Cc1ccc(OCCN(C)C(=O)C2=CN3CCS(=O)(=O)N=C3C=C2)cc1. The second-order valence-electron chi connectivity index (χ2n) is 6.23. The van der Waals surface area contributed by atoms with Gasteiger partial charge >= 0.3 is 0 Å². The Hall–Kier alpha value is -2.61. The van der Waals surface area contributed by atoms with E-state index in [4.69, 9.17) is 4.74 Å². The number of hydrogen-bond acceptors (Lipinski definition) is 5. The number of likely N-dealkylation sites (N-methyl/N-ethyl adjacent to an activating group) is 1. The van der Waals surface area contributed by atoms with Crippen molar-refractivity contribution in [2.24, 2.45) is 4.40 Å². The molecule has 0 bridgehead atoms. The molecule has 0 N–H and O–H groups in total. The first-order valence-electron chi connectivity index (χ1n) is 8.28. The van der Waals surface area contributed by atoms with Crippen molar-refractivity contribution in [2.75, 3.05) is 32.5 Å². The van der Waals surface area contributed by atoms with E-state index in [-0.39, 0.29) is 11.7 Å². The lowest BCUT2D eigenvalue weighted by Crippen LogP contribution is -2.39. The van der Waals surface area contributed by atoms with Crippen LogP contribution in [-0.2, 0) is 14.8 Å². The van der Waals surface area contributed by atoms with E-state index >= 15 is 0 Å². The molecule has 2 aliphatic rings. The molecule has 0 unspecified atom stereocenters. The lowest BCUT2D eigenvalue weighted by Gasteiger charge is -2.28. The van der Waals surface area contributed by atoms with Gasteiger partial charge in [0.15, 0.2) is 0 Å². The van der Waals surface area contributed by atoms with Gasteiger partial charge in [0.25, 0.3) is 15.9 Å². The zero-order chi connectivity index (χ0) is 18.7. The highest BCUT2D eigenvalue weighted by Gasteiger charge is 2.25. The minimum Gasteiger partial charge on any atom is -0.492 e. The summed E-state index contributed by atoms with van der Waals surface area (Å²) in [7, 11) is -1.69. The Morgan fingerprint density at radius 1 is 1.27 bits per heavy atom. The summed E-state index contributed by atoms with van der Waals surface area (Å²) in [4.78, 5) is 15.8. The maximum Gasteiger partial charge on any atom is 0.256 e. The van der Waals surface area contributed by atoms with Gasteiger partial charge in [-0.15, -0.1) is 4.40 Å². The first-order chi connectivity index (χ1) is 12.3. The van der Waals surface area contributed by atoms with Crippen LogP contribution in [0.1, 0.15) is 5.56 Å². The predicted octanol–water partition coefficient (Wildman–Crippen LogP) is 1.33. The van der Waals surface area contributed by atoms with Crippen molar-refractivity contribution in [3.05, 3.63) is 53.8 Å². The van der Waals surface area contributed by atoms with Gasteiger partial charge in [-0.1, -0.05) is 17.7 Å². The molecule has 1 amide bonds. The minimum absolute atomic E-state index is 0.0530. The quantitative estimate of drug-likeness (QED) is 0.776. The van der Waals surface area contributed by atoms with Crippen LogP contribution >= 0.6 is 0 Å². The maximum absolute atomic E-state index is 12.6. The number of rotatable bonds is 5. The molecule has 0 saturated heterocycles. The molecule has 0 aromatic heterocycles. The molecule has 1 aromatic carbocycles. The molecule has 7 nitrogen and oxygen atoms in total. The second-order valence-corrected chi connectivity index (χ2v) is 7.99. The topological polar surface area (TPSA) is 79.3 Å². The Bertz CT molecular complexity index is 886. The molecular formula is C18H21N3O4S. The first-order valence-corrected chi connectivity index (χ1v) is 9.89. The van der Waals surface area contributed by atoms with Gasteiger partial charge in [0, 0.05) is 19.8 Å². The summed E-state index contributed by atoms with van der Waals surface area (Å²) in [5.41, 5.74) is 1.65. The summed E-state index contributed by atoms with van der Waals surface area (Å²) in [6.45, 7) is 3.13. The smallest absolute Gasteiger partial charge is 0.256 e. The number of sulfonamides is 1. The van der Waals surface area contributed by atoms with Crippen molar-refractivity contribution in [3.8, 4) is 5.75 Å². The van der Waals surface area contributed by atoms with E-state index < -0.39 is 10.0 Å². The minimum atomic E-state index is -3.39. The molecule has 0 spiro atoms. The average molecular weight is 375 g/mol. The number of amides is 1. The van der Waals surface area contributed by atoms with E-state index in [0.717, 1.165) is 11.3 Å². The molecule has 2 aliphatic heterocycles. The van der Waals surface area contributed by atoms with Crippen LogP contribution < -0.4 is 4.74 Å². The molecule has 1 aromatic rings. The Kier molecular flexibility index (Phi) is 5.13. The number of benzene rings is 1. The molecule has 8 heteroatoms. The molecule has 2 heterocycles. The maximum atomic E-state index is 12.6. The van der Waals surface area contributed by atoms with E-state index in [9.17, 15) is 13.2 Å². The van der Waals surface area contributed by atoms with E-state index in [1.165, 1.54) is 0 Å². The highest BCUT2D eigenvalue weighted by molar-refractivity contribution is 7.90. The third kappa shape index (κ3) is 4.32. The van der Waals surface area contributed by atoms with Crippen LogP contribution in [0, 0.1) is 6.92 Å². The fourth-order valence-electron chi connectivity index (χ4n) is 2.58. The second kappa shape index (κ2) is 7.33. The Balaban J connectivity index is 1.56. The molecule has 0 atom stereocenters. The van der Waals surface area contributed by atoms with E-state index in [1.807, 2.05) is 31.2 Å². The molecule has 26 heavy (non-hydrogen) atoms. The summed E-state index contributed by atoms with van der Waals surface area (Å²) < 4.78 is 32.4. The van der Waals surface area contributed by atoms with Crippen LogP contribution in [0.4, 0.5) is 0 Å². The molecule has 0 saturated carbocycles. The van der Waals surface area contributed by atoms with Crippen molar-refractivity contribution in [1.82, 2.24) is 9.80 Å². The van der Waals surface area contributed by atoms with Crippen LogP contribution in [0.2, 0.25) is 0 Å². The van der Waals surface area contributed by atoms with E-state index in [2.05, 4.69) is 4.40 Å². The monoisotopic (exact) mass is 375 g/mol. The van der Waals surface area contributed by atoms with Crippen LogP contribution in [-0.4, -0.2) is 62.5 Å². The van der Waals surface area contributed by atoms with Gasteiger partial charge < -0.3 is 14.5 Å². The Labute approximate surface area is 153 Å². The van der Waals surface area contributed by atoms with Crippen LogP contribution in [0.5, 0.6) is 5.75 Å². The number of aryl methyl sites for hydroxylation is 1. The fourth-order valence-corrected chi connectivity index (χ4v) is 3.55. The number of hydrogen-bond donors (Lipinski definition) is 0. The third-order valence-corrected chi connectivity index (χ3v) is 5.30. The number of carbonyl (C=O) groups excluding carboxylic acids is 1. The molecule has 3 rings (SSSR count). The number of nitrogens with zero attached hydrogens (tertiary/aromatic N) is 3. The number of ether oxygens (including phenoxy) is 1. The summed E-state index contributed by atoms with van der Waals surface area (Å²) in [5, 5.41) is 0. The summed E-state index contributed by atoms with van der Waals surface area (Å²) in [6.07, 6.45) is 4.80. The highest BCUT2D eigenvalue weighted by atomic mass is 32.2. The molecule has 0 radical (unpaired) electrons. The molecule has 0 aliphatic carbocycles. The summed E-state index contributed by atoms with van der Waals surface area (Å²) in [6, 6.07) is 7.74. The lowest BCUT2D eigenvalue weighted by atomic mass is 10.1. The number of amidine groups is 1. The van der Waals surface area contributed by atoms with Crippen LogP contribution in [0.15, 0.2) is 52.6 Å². The van der Waals surface area contributed by atoms with Crippen molar-refractivity contribution in [2.45, 2.75) is 6.92 Å². The molecular weight excluding hydrogens is 354 g/mol. The normalized spacial score (nSPS) is 17.8. The van der Waals surface area contributed by atoms with Crippen molar-refractivity contribution in [1.29, 1.82) is 0 Å². The van der Waals surface area contributed by atoms with Gasteiger partial charge in [-0.25, -0.2) is 8.42 Å². The van der Waals surface area contributed by atoms with E-state index in [0.29, 0.717) is 31.1 Å². The van der Waals surface area contributed by atoms with Crippen LogP contribution in [0.3, 0.4) is 0 Å². The zero-order valence-electron chi connectivity index (χ0n) is 14.8. The highest BCUT2D eigenvalue weighted by Crippen LogP contribution is 2.17. The van der Waals surface area contributed by atoms with Gasteiger partial charge in [-0.05, 0) is 31.2 Å². The average Bonchev–Trinajstić information content (AvgIpc) is 2.61. The van der Waals surface area contributed by atoms with Gasteiger partial charge in [0.1, 0.15) is 18.2 Å². The summed E-state index contributed by atoms with van der Waals surface area (Å²) >= 11 is 0. The predicted molar refractivity (Wildman–Crippen MR) is 99.5 cm³/mol. The zero-order valence-corrected chi connectivity index (χ0v) is 15.6. The summed E-state index contributed by atoms with van der Waals surface area (Å²) in [5.74, 6) is 0.908. The Morgan fingerprint density at radius 2 is 2.00 bits per heavy atom. The first kappa shape index (κ1) is 18.2. The van der Waals surface area contributed by atoms with Gasteiger partial charge in [-0.2, -0.15) is 0 Å². The Morgan fingerprint density at radius 3 is 2.73 bits per heavy atom. The van der Waals surface area contributed by atoms with Gasteiger partial charge in [0.05, 0.1) is 17.9 Å². The number of carbonyl (C=O) groups is 1. The molecule has 138 valence electrons. The van der Waals surface area contributed by atoms with Crippen molar-refractivity contribution < 1.29 is 17.9 Å². The van der Waals surface area contributed by atoms with Crippen molar-refractivity contribution >= 4 is 21.8 Å². The van der Waals surface area contributed by atoms with Crippen LogP contribution in [0.25, 0.3) is 0 Å².